The van der Waals surface area contributed by atoms with Crippen molar-refractivity contribution in [3.63, 3.8) is 0 Å². The number of Topliss-reactive ketones (excluding diaryl/α,β-unsaturated/α-hetero) is 1. The fourth-order valence-electron chi connectivity index (χ4n) is 2.01. The molecule has 1 unspecified atom stereocenters. The molecule has 1 aliphatic rings. The largest absolute Gasteiger partial charge is 0.479 e. The van der Waals surface area contributed by atoms with Gasteiger partial charge in [-0.2, -0.15) is 5.43 Å². The number of nitrogens with one attached hydrogen (secondary N) is 1. The van der Waals surface area contributed by atoms with Gasteiger partial charge in [-0.1, -0.05) is 30.3 Å². The highest BCUT2D eigenvalue weighted by Gasteiger charge is 2.52. The zero-order valence-electron chi connectivity index (χ0n) is 9.75. The Hall–Kier alpha value is -2.18. The lowest BCUT2D eigenvalue weighted by atomic mass is 9.84. The number of nitrogens with zero attached hydrogens (tertiary/aromatic N) is 1. The van der Waals surface area contributed by atoms with Crippen molar-refractivity contribution in [3.8, 4) is 0 Å². The zero-order valence-corrected chi connectivity index (χ0v) is 9.75. The number of carboxylic acids is 1. The minimum Gasteiger partial charge on any atom is -0.479 e. The molecule has 18 heavy (non-hydrogen) atoms. The van der Waals surface area contributed by atoms with Gasteiger partial charge < -0.3 is 5.11 Å². The highest BCUT2D eigenvalue weighted by atomic mass is 16.4. The summed E-state index contributed by atoms with van der Waals surface area (Å²) in [5.74, 6) is 3.73. The summed E-state index contributed by atoms with van der Waals surface area (Å²) in [5, 5.41) is 10.4. The Bertz CT molecular complexity index is 511. The number of ketones is 1. The molecule has 0 amide bonds. The number of benzene rings is 1. The highest BCUT2D eigenvalue weighted by Crippen LogP contribution is 2.32. The molecule has 6 nitrogen and oxygen atoms in total. The maximum Gasteiger partial charge on any atom is 0.338 e. The molecule has 0 saturated heterocycles. The fourth-order valence-corrected chi connectivity index (χ4v) is 2.01. The van der Waals surface area contributed by atoms with E-state index in [0.29, 0.717) is 11.1 Å². The lowest BCUT2D eigenvalue weighted by Crippen LogP contribution is -2.59. The van der Waals surface area contributed by atoms with Crippen LogP contribution in [0.1, 0.15) is 12.5 Å². The molecule has 1 aromatic rings. The van der Waals surface area contributed by atoms with Gasteiger partial charge in [-0.05, 0) is 12.5 Å². The number of carbonyl (C=O) groups excluding carboxylic acids is 1. The van der Waals surface area contributed by atoms with Gasteiger partial charge >= 0.3 is 5.97 Å². The average molecular weight is 247 g/mol. The second-order valence-corrected chi connectivity index (χ2v) is 4.04. The smallest absolute Gasteiger partial charge is 0.338 e. The van der Waals surface area contributed by atoms with Crippen molar-refractivity contribution < 1.29 is 14.7 Å². The SMILES string of the molecule is CC(=O)C1(C(=O)O)NN(N)C=C1c1ccccc1. The maximum absolute atomic E-state index is 11.8. The van der Waals surface area contributed by atoms with Crippen LogP contribution in [0.5, 0.6) is 0 Å². The lowest BCUT2D eigenvalue weighted by molar-refractivity contribution is -0.147. The Morgan fingerprint density at radius 1 is 1.33 bits per heavy atom. The monoisotopic (exact) mass is 247 g/mol. The summed E-state index contributed by atoms with van der Waals surface area (Å²) in [6.07, 6.45) is 1.41. The van der Waals surface area contributed by atoms with Crippen molar-refractivity contribution in [1.82, 2.24) is 10.5 Å². The highest BCUT2D eigenvalue weighted by molar-refractivity contribution is 6.19. The van der Waals surface area contributed by atoms with Crippen LogP contribution >= 0.6 is 0 Å². The standard InChI is InChI=1S/C12H13N3O3/c1-8(16)12(11(17)18)10(7-15(13)14-12)9-5-3-2-4-6-9/h2-7,14H,13H2,1H3,(H,17,18). The lowest BCUT2D eigenvalue weighted by Gasteiger charge is -2.26. The Balaban J connectivity index is 2.59. The van der Waals surface area contributed by atoms with Gasteiger partial charge in [0.1, 0.15) is 0 Å². The summed E-state index contributed by atoms with van der Waals surface area (Å²) in [6.45, 7) is 1.22. The van der Waals surface area contributed by atoms with E-state index in [0.717, 1.165) is 5.12 Å². The van der Waals surface area contributed by atoms with Crippen LogP contribution in [0.4, 0.5) is 0 Å². The molecule has 0 aliphatic carbocycles. The van der Waals surface area contributed by atoms with Gasteiger partial charge in [0.05, 0.1) is 0 Å². The van der Waals surface area contributed by atoms with E-state index in [-0.39, 0.29) is 0 Å². The third kappa shape index (κ3) is 1.68. The molecular weight excluding hydrogens is 234 g/mol. The first-order valence-electron chi connectivity index (χ1n) is 5.32. The van der Waals surface area contributed by atoms with Crippen LogP contribution < -0.4 is 11.3 Å². The Kier molecular flexibility index (Phi) is 2.90. The van der Waals surface area contributed by atoms with Crippen molar-refractivity contribution in [2.45, 2.75) is 12.5 Å². The molecule has 0 radical (unpaired) electrons. The fraction of sp³-hybridized carbons (Fsp3) is 0.167. The number of carbonyl (C=O) groups is 2. The van der Waals surface area contributed by atoms with Gasteiger partial charge in [0.25, 0.3) is 0 Å². The van der Waals surface area contributed by atoms with Gasteiger partial charge in [0, 0.05) is 11.8 Å². The number of hydrazine groups is 2. The minimum atomic E-state index is -1.82. The van der Waals surface area contributed by atoms with E-state index < -0.39 is 17.3 Å². The van der Waals surface area contributed by atoms with Crippen LogP contribution in [0, 0.1) is 0 Å². The predicted octanol–water partition coefficient (Wildman–Crippen LogP) is 0.134. The number of nitrogens with two attached hydrogens (primary N) is 1. The summed E-state index contributed by atoms with van der Waals surface area (Å²) in [7, 11) is 0. The summed E-state index contributed by atoms with van der Waals surface area (Å²) in [4.78, 5) is 23.3. The van der Waals surface area contributed by atoms with E-state index in [1.807, 2.05) is 6.07 Å². The van der Waals surface area contributed by atoms with Crippen LogP contribution in [0.15, 0.2) is 36.5 Å². The Morgan fingerprint density at radius 2 is 1.94 bits per heavy atom. The van der Waals surface area contributed by atoms with Crippen LogP contribution in [0.2, 0.25) is 0 Å². The quantitative estimate of drug-likeness (QED) is 0.519. The third-order valence-electron chi connectivity index (χ3n) is 2.90. The Labute approximate surface area is 104 Å². The van der Waals surface area contributed by atoms with E-state index in [9.17, 15) is 14.7 Å². The van der Waals surface area contributed by atoms with E-state index in [4.69, 9.17) is 5.84 Å². The van der Waals surface area contributed by atoms with Gasteiger partial charge in [-0.3, -0.25) is 4.79 Å². The summed E-state index contributed by atoms with van der Waals surface area (Å²) < 4.78 is 0. The van der Waals surface area contributed by atoms with Crippen molar-refractivity contribution in [1.29, 1.82) is 0 Å². The van der Waals surface area contributed by atoms with Crippen LogP contribution in [-0.4, -0.2) is 27.5 Å². The molecule has 1 atom stereocenters. The van der Waals surface area contributed by atoms with Crippen LogP contribution in [-0.2, 0) is 9.59 Å². The first-order chi connectivity index (χ1) is 8.48. The predicted molar refractivity (Wildman–Crippen MR) is 64.6 cm³/mol. The summed E-state index contributed by atoms with van der Waals surface area (Å²) >= 11 is 0. The van der Waals surface area contributed by atoms with E-state index in [1.54, 1.807) is 24.3 Å². The molecule has 6 heteroatoms. The van der Waals surface area contributed by atoms with Gasteiger partial charge in [-0.15, -0.1) is 0 Å². The molecule has 2 rings (SSSR count). The first kappa shape index (κ1) is 12.3. The molecule has 1 aliphatic heterocycles. The Morgan fingerprint density at radius 3 is 2.44 bits per heavy atom. The van der Waals surface area contributed by atoms with Crippen LogP contribution in [0.3, 0.4) is 0 Å². The molecule has 1 heterocycles. The topological polar surface area (TPSA) is 95.7 Å². The molecule has 0 aromatic heterocycles. The van der Waals surface area contributed by atoms with Crippen molar-refractivity contribution >= 4 is 17.3 Å². The molecule has 94 valence electrons. The third-order valence-corrected chi connectivity index (χ3v) is 2.90. The number of carboxylic acid groups (broad SMARTS) is 1. The summed E-state index contributed by atoms with van der Waals surface area (Å²) in [6, 6.07) is 8.80. The summed E-state index contributed by atoms with van der Waals surface area (Å²) in [5.41, 5.74) is 1.62. The van der Waals surface area contributed by atoms with E-state index >= 15 is 0 Å². The number of rotatable bonds is 3. The molecule has 0 saturated carbocycles. The molecular formula is C12H13N3O3. The average Bonchev–Trinajstić information content (AvgIpc) is 2.69. The second kappa shape index (κ2) is 4.25. The molecule has 0 spiro atoms. The molecule has 0 fully saturated rings. The minimum absolute atomic E-state index is 0.325. The van der Waals surface area contributed by atoms with Gasteiger partial charge in [0.15, 0.2) is 5.78 Å². The van der Waals surface area contributed by atoms with Crippen LogP contribution in [0.25, 0.3) is 5.57 Å². The van der Waals surface area contributed by atoms with Crippen molar-refractivity contribution in [3.05, 3.63) is 42.1 Å². The molecule has 4 N–H and O–H groups in total. The number of hydrogen-bond acceptors (Lipinski definition) is 5. The molecule has 1 aromatic carbocycles. The van der Waals surface area contributed by atoms with Crippen molar-refractivity contribution in [2.24, 2.45) is 5.84 Å². The number of hydrogen-bond donors (Lipinski definition) is 3. The van der Waals surface area contributed by atoms with Gasteiger partial charge in [-0.25, -0.2) is 15.8 Å². The maximum atomic E-state index is 11.8. The van der Waals surface area contributed by atoms with E-state index in [1.165, 1.54) is 13.1 Å². The van der Waals surface area contributed by atoms with Gasteiger partial charge in [0.2, 0.25) is 5.54 Å². The van der Waals surface area contributed by atoms with E-state index in [2.05, 4.69) is 5.43 Å². The zero-order chi connectivity index (χ0) is 13.3. The normalized spacial score (nSPS) is 22.8. The number of aliphatic carboxylic acids is 1. The molecule has 0 bridgehead atoms. The van der Waals surface area contributed by atoms with Crippen molar-refractivity contribution in [2.75, 3.05) is 0 Å². The first-order valence-corrected chi connectivity index (χ1v) is 5.32. The second-order valence-electron chi connectivity index (χ2n) is 4.04.